The summed E-state index contributed by atoms with van der Waals surface area (Å²) in [5.41, 5.74) is 3.82. The average Bonchev–Trinajstić information content (AvgIpc) is 2.62. The van der Waals surface area contributed by atoms with E-state index in [9.17, 15) is 18.0 Å². The first-order valence-electron chi connectivity index (χ1n) is 8.55. The molecule has 1 saturated carbocycles. The first-order valence-corrected chi connectivity index (χ1v) is 8.55. The summed E-state index contributed by atoms with van der Waals surface area (Å²) in [5.74, 6) is 0.411. The number of nitrogens with one attached hydrogen (secondary N) is 1. The number of pyridine rings is 1. The van der Waals surface area contributed by atoms with Crippen molar-refractivity contribution in [2.24, 2.45) is 0 Å². The highest BCUT2D eigenvalue weighted by Crippen LogP contribution is 2.52. The minimum atomic E-state index is -4.73. The Morgan fingerprint density at radius 1 is 1.12 bits per heavy atom. The lowest BCUT2D eigenvalue weighted by Gasteiger charge is -2.39. The van der Waals surface area contributed by atoms with Crippen molar-refractivity contribution >= 4 is 17.7 Å². The van der Waals surface area contributed by atoms with Gasteiger partial charge < -0.3 is 10.1 Å². The second-order valence-corrected chi connectivity index (χ2v) is 6.75. The van der Waals surface area contributed by atoms with Crippen molar-refractivity contribution in [1.82, 2.24) is 4.98 Å². The van der Waals surface area contributed by atoms with Crippen LogP contribution in [-0.4, -0.2) is 17.6 Å². The maximum Gasteiger partial charge on any atom is 0.573 e. The van der Waals surface area contributed by atoms with Gasteiger partial charge in [0.15, 0.2) is 6.29 Å². The highest BCUT2D eigenvalue weighted by Gasteiger charge is 2.37. The summed E-state index contributed by atoms with van der Waals surface area (Å²) in [6.45, 7) is 0. The Balaban J connectivity index is 1.69. The van der Waals surface area contributed by atoms with Crippen molar-refractivity contribution in [2.45, 2.75) is 43.9 Å². The monoisotopic (exact) mass is 362 g/mol. The highest BCUT2D eigenvalue weighted by atomic mass is 19.4. The number of carbonyl (C=O) groups is 1. The van der Waals surface area contributed by atoms with E-state index in [2.05, 4.69) is 15.0 Å². The maximum absolute atomic E-state index is 12.4. The van der Waals surface area contributed by atoms with Gasteiger partial charge in [0, 0.05) is 11.8 Å². The average molecular weight is 362 g/mol. The second-order valence-electron chi connectivity index (χ2n) is 6.75. The molecule has 3 aliphatic rings. The first kappa shape index (κ1) is 16.9. The zero-order chi connectivity index (χ0) is 18.3. The zero-order valence-corrected chi connectivity index (χ0v) is 13.8. The molecule has 1 aromatic carbocycles. The molecule has 1 fully saturated rings. The van der Waals surface area contributed by atoms with Crippen LogP contribution in [0.2, 0.25) is 0 Å². The third-order valence-electron chi connectivity index (χ3n) is 5.19. The normalized spacial score (nSPS) is 21.2. The van der Waals surface area contributed by atoms with Gasteiger partial charge in [0.05, 0.1) is 11.9 Å². The number of benzene rings is 1. The van der Waals surface area contributed by atoms with Crippen molar-refractivity contribution < 1.29 is 22.7 Å². The summed E-state index contributed by atoms with van der Waals surface area (Å²) in [6, 6.07) is 5.72. The van der Waals surface area contributed by atoms with E-state index in [1.807, 2.05) is 0 Å². The molecule has 3 aliphatic carbocycles. The Morgan fingerprint density at radius 3 is 2.46 bits per heavy atom. The van der Waals surface area contributed by atoms with Crippen LogP contribution in [0.3, 0.4) is 0 Å². The van der Waals surface area contributed by atoms with Crippen molar-refractivity contribution in [2.75, 3.05) is 5.32 Å². The Kier molecular flexibility index (Phi) is 4.09. The minimum absolute atomic E-state index is 0.282. The van der Waals surface area contributed by atoms with E-state index in [0.717, 1.165) is 48.8 Å². The lowest BCUT2D eigenvalue weighted by Crippen LogP contribution is -2.25. The molecule has 2 aromatic rings. The molecule has 1 N–H and O–H groups in total. The predicted octanol–water partition coefficient (Wildman–Crippen LogP) is 5.29. The van der Waals surface area contributed by atoms with Crippen molar-refractivity contribution in [3.63, 3.8) is 0 Å². The van der Waals surface area contributed by atoms with Crippen LogP contribution in [0, 0.1) is 0 Å². The Morgan fingerprint density at radius 2 is 1.81 bits per heavy atom. The number of anilines is 2. The molecular weight excluding hydrogens is 345 g/mol. The van der Waals surface area contributed by atoms with Gasteiger partial charge in [-0.05, 0) is 60.8 Å². The first-order chi connectivity index (χ1) is 12.4. The molecule has 0 atom stereocenters. The summed E-state index contributed by atoms with van der Waals surface area (Å²) < 4.78 is 41.3. The molecule has 7 heteroatoms. The molecule has 26 heavy (non-hydrogen) atoms. The van der Waals surface area contributed by atoms with E-state index in [4.69, 9.17) is 0 Å². The van der Waals surface area contributed by atoms with Gasteiger partial charge in [0.2, 0.25) is 0 Å². The van der Waals surface area contributed by atoms with Crippen LogP contribution >= 0.6 is 0 Å². The summed E-state index contributed by atoms with van der Waals surface area (Å²) in [7, 11) is 0. The number of rotatable bonds is 4. The zero-order valence-electron chi connectivity index (χ0n) is 13.8. The molecule has 1 aromatic heterocycles. The Bertz CT molecular complexity index is 843. The van der Waals surface area contributed by atoms with Crippen molar-refractivity contribution in [3.05, 3.63) is 47.3 Å². The van der Waals surface area contributed by atoms with E-state index >= 15 is 0 Å². The van der Waals surface area contributed by atoms with E-state index in [1.54, 1.807) is 12.3 Å². The van der Waals surface area contributed by atoms with Gasteiger partial charge >= 0.3 is 6.36 Å². The summed E-state index contributed by atoms with van der Waals surface area (Å²) >= 11 is 0. The fourth-order valence-corrected chi connectivity index (χ4v) is 4.22. The smallest absolute Gasteiger partial charge is 0.406 e. The maximum atomic E-state index is 12.4. The molecule has 0 amide bonds. The molecule has 0 aliphatic heterocycles. The van der Waals surface area contributed by atoms with Crippen LogP contribution in [0.5, 0.6) is 5.75 Å². The van der Waals surface area contributed by atoms with Crippen molar-refractivity contribution in [3.8, 4) is 5.75 Å². The minimum Gasteiger partial charge on any atom is -0.406 e. The molecule has 5 rings (SSSR count). The Hall–Kier alpha value is -2.57. The summed E-state index contributed by atoms with van der Waals surface area (Å²) in [5, 5.41) is 3.17. The molecule has 1 heterocycles. The van der Waals surface area contributed by atoms with Gasteiger partial charge in [0.1, 0.15) is 11.4 Å². The lowest BCUT2D eigenvalue weighted by atomic mass is 9.66. The number of halogens is 3. The molecule has 0 radical (unpaired) electrons. The number of carbonyl (C=O) groups excluding carboxylic acids is 1. The Labute approximate surface area is 148 Å². The van der Waals surface area contributed by atoms with Gasteiger partial charge in [-0.15, -0.1) is 13.2 Å². The summed E-state index contributed by atoms with van der Waals surface area (Å²) in [4.78, 5) is 15.7. The number of nitrogens with zero attached hydrogens (tertiary/aromatic N) is 1. The quantitative estimate of drug-likeness (QED) is 0.751. The third kappa shape index (κ3) is 3.13. The topological polar surface area (TPSA) is 51.2 Å². The highest BCUT2D eigenvalue weighted by molar-refractivity contribution is 5.79. The van der Waals surface area contributed by atoms with Gasteiger partial charge in [-0.25, -0.2) is 0 Å². The number of hydrogen-bond donors (Lipinski definition) is 1. The van der Waals surface area contributed by atoms with Crippen molar-refractivity contribution in [1.29, 1.82) is 0 Å². The third-order valence-corrected chi connectivity index (χ3v) is 5.19. The number of hydrogen-bond acceptors (Lipinski definition) is 4. The van der Waals surface area contributed by atoms with E-state index < -0.39 is 6.36 Å². The SMILES string of the molecule is O=Cc1ncc(Nc2cccc(OC(F)(F)F)c2)c2c1C1CCC2CC1. The van der Waals surface area contributed by atoms with Crippen LogP contribution in [0.4, 0.5) is 24.5 Å². The van der Waals surface area contributed by atoms with E-state index in [0.29, 0.717) is 23.2 Å². The van der Waals surface area contributed by atoms with Crippen LogP contribution < -0.4 is 10.1 Å². The molecule has 136 valence electrons. The van der Waals surface area contributed by atoms with Gasteiger partial charge in [-0.1, -0.05) is 6.07 Å². The predicted molar refractivity (Wildman–Crippen MR) is 90.0 cm³/mol. The number of aldehydes is 1. The van der Waals surface area contributed by atoms with Crippen LogP contribution in [0.15, 0.2) is 30.5 Å². The molecular formula is C19H17F3N2O2. The summed E-state index contributed by atoms with van der Waals surface area (Å²) in [6.07, 6.45) is 1.89. The lowest BCUT2D eigenvalue weighted by molar-refractivity contribution is -0.274. The van der Waals surface area contributed by atoms with Crippen LogP contribution in [0.1, 0.15) is 59.1 Å². The number of ether oxygens (including phenoxy) is 1. The fraction of sp³-hybridized carbons (Fsp3) is 0.368. The number of fused-ring (bicyclic) bond motifs is 2. The second kappa shape index (κ2) is 6.30. The standard InChI is InChI=1S/C19H17F3N2O2/c20-19(21,22)26-14-3-1-2-13(8-14)24-15-9-23-16(10-25)18-12-6-4-11(5-7-12)17(15)18/h1-3,8-12,24H,4-7H2. The molecule has 2 bridgehead atoms. The largest absolute Gasteiger partial charge is 0.573 e. The molecule has 0 saturated heterocycles. The van der Waals surface area contributed by atoms with Gasteiger partial charge in [-0.3, -0.25) is 9.78 Å². The number of aromatic nitrogens is 1. The molecule has 0 unspecified atom stereocenters. The van der Waals surface area contributed by atoms with Crippen LogP contribution in [0.25, 0.3) is 0 Å². The van der Waals surface area contributed by atoms with E-state index in [-0.39, 0.29) is 5.75 Å². The molecule has 0 spiro atoms. The van der Waals surface area contributed by atoms with Gasteiger partial charge in [0.25, 0.3) is 0 Å². The number of alkyl halides is 3. The van der Waals surface area contributed by atoms with Crippen LogP contribution in [-0.2, 0) is 0 Å². The fourth-order valence-electron chi connectivity index (χ4n) is 4.22. The van der Waals surface area contributed by atoms with E-state index in [1.165, 1.54) is 18.2 Å². The van der Waals surface area contributed by atoms with Gasteiger partial charge in [-0.2, -0.15) is 0 Å². The molecule has 4 nitrogen and oxygen atoms in total.